The summed E-state index contributed by atoms with van der Waals surface area (Å²) in [6.45, 7) is 4.54. The molecule has 0 radical (unpaired) electrons. The van der Waals surface area contributed by atoms with E-state index in [1.165, 1.54) is 199 Å². The molecule has 83 heavy (non-hydrogen) atoms. The van der Waals surface area contributed by atoms with Crippen LogP contribution in [0.15, 0.2) is 109 Å². The first-order valence-corrected chi connectivity index (χ1v) is 36.2. The Balaban J connectivity index is 4.16. The van der Waals surface area contributed by atoms with Gasteiger partial charge in [0.2, 0.25) is 5.91 Å². The van der Waals surface area contributed by atoms with E-state index in [4.69, 9.17) is 9.05 Å². The fourth-order valence-corrected chi connectivity index (χ4v) is 10.6. The number of nitrogens with zero attached hydrogens (tertiary/aromatic N) is 1. The first kappa shape index (κ1) is 80.2. The van der Waals surface area contributed by atoms with Crippen molar-refractivity contribution in [3.05, 3.63) is 109 Å². The van der Waals surface area contributed by atoms with Crippen LogP contribution in [0.5, 0.6) is 0 Å². The molecule has 0 aromatic rings. The molecule has 0 bridgehead atoms. The Bertz CT molecular complexity index is 1720. The van der Waals surface area contributed by atoms with Crippen LogP contribution >= 0.6 is 7.82 Å². The molecule has 0 saturated heterocycles. The Morgan fingerprint density at radius 3 is 1.12 bits per heavy atom. The number of aliphatic hydroxyl groups excluding tert-OH is 1. The third-order valence-corrected chi connectivity index (χ3v) is 16.2. The number of hydrogen-bond acceptors (Lipinski definition) is 6. The summed E-state index contributed by atoms with van der Waals surface area (Å²) in [7, 11) is 1.24. The van der Waals surface area contributed by atoms with Gasteiger partial charge in [-0.25, -0.2) is 0 Å². The van der Waals surface area contributed by atoms with E-state index in [-0.39, 0.29) is 12.5 Å². The van der Waals surface area contributed by atoms with Crippen LogP contribution < -0.4 is 10.2 Å². The number of hydrogen-bond donors (Lipinski definition) is 2. The number of allylic oxidation sites excluding steroid dienone is 17. The Kier molecular flexibility index (Phi) is 61.5. The number of likely N-dealkylation sites (N-methyl/N-ethyl adjacent to an activating group) is 1. The first-order chi connectivity index (χ1) is 40.5. The normalized spacial score (nSPS) is 14.3. The summed E-state index contributed by atoms with van der Waals surface area (Å²) in [6.07, 6.45) is 93.5. The van der Waals surface area contributed by atoms with Crippen LogP contribution in [0.2, 0.25) is 0 Å². The highest BCUT2D eigenvalue weighted by Crippen LogP contribution is 2.38. The number of nitrogens with one attached hydrogen (secondary N) is 1. The number of phosphoric acid groups is 1. The molecule has 3 atom stereocenters. The maximum absolute atomic E-state index is 13.0. The predicted molar refractivity (Wildman–Crippen MR) is 362 cm³/mol. The molecule has 0 fully saturated rings. The second-order valence-corrected chi connectivity index (χ2v) is 25.9. The van der Waals surface area contributed by atoms with Gasteiger partial charge in [-0.2, -0.15) is 0 Å². The predicted octanol–water partition coefficient (Wildman–Crippen LogP) is 21.6. The highest BCUT2D eigenvalue weighted by atomic mass is 31.2. The topological polar surface area (TPSA) is 108 Å². The molecule has 0 heterocycles. The zero-order chi connectivity index (χ0) is 60.5. The third-order valence-electron chi connectivity index (χ3n) is 15.2. The lowest BCUT2D eigenvalue weighted by Crippen LogP contribution is -2.45. The van der Waals surface area contributed by atoms with E-state index in [0.29, 0.717) is 17.4 Å². The molecule has 0 aliphatic rings. The zero-order valence-corrected chi connectivity index (χ0v) is 55.8. The molecule has 1 amide bonds. The summed E-state index contributed by atoms with van der Waals surface area (Å²) in [5, 5.41) is 13.9. The number of carbonyl (C=O) groups is 1. The van der Waals surface area contributed by atoms with Crippen molar-refractivity contribution in [1.82, 2.24) is 5.32 Å². The molecule has 0 saturated carbocycles. The van der Waals surface area contributed by atoms with Gasteiger partial charge in [-0.3, -0.25) is 9.36 Å². The number of phosphoric ester groups is 1. The Morgan fingerprint density at radius 1 is 0.434 bits per heavy atom. The fraction of sp³-hybridized carbons (Fsp3) is 0.743. The smallest absolute Gasteiger partial charge is 0.268 e. The average molecular weight is 1180 g/mol. The Morgan fingerprint density at radius 2 is 0.747 bits per heavy atom. The lowest BCUT2D eigenvalue weighted by Gasteiger charge is -2.29. The number of unbranched alkanes of at least 4 members (excludes halogenated alkanes) is 34. The number of amides is 1. The highest BCUT2D eigenvalue weighted by Gasteiger charge is 2.23. The van der Waals surface area contributed by atoms with Crippen molar-refractivity contribution in [3.63, 3.8) is 0 Å². The summed E-state index contributed by atoms with van der Waals surface area (Å²) >= 11 is 0. The Hall–Kier alpha value is -2.84. The van der Waals surface area contributed by atoms with E-state index in [2.05, 4.69) is 116 Å². The van der Waals surface area contributed by atoms with Crippen LogP contribution in [0.3, 0.4) is 0 Å². The van der Waals surface area contributed by atoms with Crippen molar-refractivity contribution >= 4 is 13.7 Å². The van der Waals surface area contributed by atoms with Gasteiger partial charge in [0.1, 0.15) is 13.2 Å². The molecular formula is C74H133N2O6P. The van der Waals surface area contributed by atoms with Gasteiger partial charge in [-0.1, -0.05) is 316 Å². The molecule has 480 valence electrons. The second-order valence-electron chi connectivity index (χ2n) is 24.5. The quantitative estimate of drug-likeness (QED) is 0.0272. The van der Waals surface area contributed by atoms with Crippen molar-refractivity contribution in [2.45, 2.75) is 315 Å². The van der Waals surface area contributed by atoms with Gasteiger partial charge in [0.25, 0.3) is 7.82 Å². The fourth-order valence-electron chi connectivity index (χ4n) is 9.86. The number of carbonyl (C=O) groups excluding carboxylic acids is 1. The van der Waals surface area contributed by atoms with Crippen LogP contribution in [0, 0.1) is 0 Å². The van der Waals surface area contributed by atoms with Gasteiger partial charge in [-0.05, 0) is 89.9 Å². The van der Waals surface area contributed by atoms with Crippen LogP contribution in [0.4, 0.5) is 0 Å². The van der Waals surface area contributed by atoms with Crippen LogP contribution in [0.1, 0.15) is 303 Å². The molecular weight excluding hydrogens is 1040 g/mol. The second kappa shape index (κ2) is 63.7. The molecule has 0 aliphatic carbocycles. The minimum Gasteiger partial charge on any atom is -0.756 e. The van der Waals surface area contributed by atoms with Crippen molar-refractivity contribution < 1.29 is 32.9 Å². The molecule has 2 N–H and O–H groups in total. The van der Waals surface area contributed by atoms with Crippen molar-refractivity contribution in [1.29, 1.82) is 0 Å². The Labute approximate surface area is 514 Å². The van der Waals surface area contributed by atoms with E-state index < -0.39 is 26.6 Å². The van der Waals surface area contributed by atoms with E-state index in [1.54, 1.807) is 6.08 Å². The monoisotopic (exact) mass is 1180 g/mol. The number of rotatable bonds is 63. The minimum absolute atomic E-state index is 0.0113. The van der Waals surface area contributed by atoms with Gasteiger partial charge in [0.05, 0.1) is 39.9 Å². The largest absolute Gasteiger partial charge is 0.756 e. The van der Waals surface area contributed by atoms with Crippen LogP contribution in [-0.4, -0.2) is 68.5 Å². The summed E-state index contributed by atoms with van der Waals surface area (Å²) in [4.78, 5) is 25.6. The van der Waals surface area contributed by atoms with E-state index in [0.717, 1.165) is 83.5 Å². The lowest BCUT2D eigenvalue weighted by atomic mass is 10.0. The van der Waals surface area contributed by atoms with E-state index in [1.807, 2.05) is 27.2 Å². The van der Waals surface area contributed by atoms with Gasteiger partial charge in [0, 0.05) is 6.42 Å². The third kappa shape index (κ3) is 66.5. The molecule has 3 unspecified atom stereocenters. The molecule has 0 aromatic heterocycles. The summed E-state index contributed by atoms with van der Waals surface area (Å²) in [5.41, 5.74) is 0. The highest BCUT2D eigenvalue weighted by molar-refractivity contribution is 7.45. The average Bonchev–Trinajstić information content (AvgIpc) is 3.49. The zero-order valence-electron chi connectivity index (χ0n) is 54.9. The van der Waals surface area contributed by atoms with Gasteiger partial charge in [0.15, 0.2) is 0 Å². The lowest BCUT2D eigenvalue weighted by molar-refractivity contribution is -0.870. The van der Waals surface area contributed by atoms with Crippen LogP contribution in [-0.2, 0) is 18.4 Å². The molecule has 9 heteroatoms. The molecule has 0 rings (SSSR count). The van der Waals surface area contributed by atoms with Crippen molar-refractivity contribution in [3.8, 4) is 0 Å². The van der Waals surface area contributed by atoms with Gasteiger partial charge < -0.3 is 28.8 Å². The van der Waals surface area contributed by atoms with Gasteiger partial charge >= 0.3 is 0 Å². The summed E-state index contributed by atoms with van der Waals surface area (Å²) < 4.78 is 23.4. The maximum Gasteiger partial charge on any atom is 0.268 e. The number of aliphatic hydroxyl groups is 1. The molecule has 0 aromatic carbocycles. The maximum atomic E-state index is 13.0. The first-order valence-electron chi connectivity index (χ1n) is 34.7. The SMILES string of the molecule is CC/C=C\C/C=C\C/C=C\C/C=C\C/C=C\C/C=C\C/C=C\CCCCCCCCCCCCCC(=O)NC(COP(=O)([O-])OCC[N+](C)(C)C)C(O)/C=C/CC/C=C/CCCCCCCCCCCCCCCCCCCCCCCC. The van der Waals surface area contributed by atoms with E-state index in [9.17, 15) is 19.4 Å². The van der Waals surface area contributed by atoms with Crippen LogP contribution in [0.25, 0.3) is 0 Å². The van der Waals surface area contributed by atoms with Crippen molar-refractivity contribution in [2.24, 2.45) is 0 Å². The standard InChI is InChI=1S/C74H133N2O6P/c1-6-8-10-12-14-16-18-20-22-24-26-28-30-32-34-36-37-38-39-40-42-44-46-48-50-52-54-56-58-60-62-64-66-68-74(78)75-72(71-82-83(79,80)81-70-69-76(3,4)5)73(77)67-65-63-61-59-57-55-53-51-49-47-45-43-41-35-33-31-29-27-25-23-21-19-17-15-13-11-9-7-2/h8,10,14,16,20,22,26,28,32,34,37-38,40,42,57,59,65,67,72-73,77H,6-7,9,11-13,15,17-19,21,23-25,27,29-31,33,35-36,39,41,43-56,58,60-64,66,68-71H2,1-5H3,(H-,75,78,79,80)/b10-8-,16-14-,22-20-,28-26-,34-32-,38-37-,42-40-,59-57+,67-65+. The molecule has 0 aliphatic heterocycles. The molecule has 8 nitrogen and oxygen atoms in total. The minimum atomic E-state index is -4.62. The van der Waals surface area contributed by atoms with Crippen molar-refractivity contribution in [2.75, 3.05) is 40.9 Å². The van der Waals surface area contributed by atoms with Gasteiger partial charge in [-0.15, -0.1) is 0 Å². The summed E-state index contributed by atoms with van der Waals surface area (Å²) in [5.74, 6) is -0.212. The number of quaternary nitrogens is 1. The molecule has 0 spiro atoms. The summed E-state index contributed by atoms with van der Waals surface area (Å²) in [6, 6.07) is -0.914. The van der Waals surface area contributed by atoms with E-state index >= 15 is 0 Å².